The Balaban J connectivity index is 2.46. The van der Waals surface area contributed by atoms with Crippen molar-refractivity contribution in [2.24, 2.45) is 0 Å². The Labute approximate surface area is 152 Å². The number of para-hydroxylation sites is 1. The van der Waals surface area contributed by atoms with Gasteiger partial charge in [0.05, 0.1) is 23.6 Å². The summed E-state index contributed by atoms with van der Waals surface area (Å²) < 4.78 is 6.62. The van der Waals surface area contributed by atoms with Crippen LogP contribution in [0.15, 0.2) is 41.2 Å². The highest BCUT2D eigenvalue weighted by atomic mass is 16.5. The van der Waals surface area contributed by atoms with Crippen LogP contribution in [0.4, 0.5) is 0 Å². The highest BCUT2D eigenvalue weighted by Crippen LogP contribution is 2.29. The van der Waals surface area contributed by atoms with Gasteiger partial charge in [-0.05, 0) is 49.6 Å². The lowest BCUT2D eigenvalue weighted by molar-refractivity contribution is 0.0601. The summed E-state index contributed by atoms with van der Waals surface area (Å²) in [5.74, 6) is 0.0747. The van der Waals surface area contributed by atoms with Crippen LogP contribution in [0.2, 0.25) is 0 Å². The molecule has 0 radical (unpaired) electrons. The number of carbonyl (C=O) groups excluding carboxylic acids is 1. The van der Waals surface area contributed by atoms with E-state index in [9.17, 15) is 9.59 Å². The molecule has 1 heterocycles. The Morgan fingerprint density at radius 1 is 1.15 bits per heavy atom. The summed E-state index contributed by atoms with van der Waals surface area (Å²) in [5.41, 5.74) is 3.55. The monoisotopic (exact) mass is 350 g/mol. The topological polar surface area (TPSA) is 61.2 Å². The first-order valence-electron chi connectivity index (χ1n) is 8.68. The fourth-order valence-corrected chi connectivity index (χ4v) is 3.17. The standard InChI is InChI=1S/C21H22N2O3/c1-5-12-23-19(22-17-9-7-6-8-15(17)20(23)24)18-14(3)13(2)10-11-16(18)21(25)26-4/h6-11H,5,12H2,1-4H3. The van der Waals surface area contributed by atoms with Gasteiger partial charge in [0.15, 0.2) is 0 Å². The predicted molar refractivity (Wildman–Crippen MR) is 103 cm³/mol. The molecule has 0 amide bonds. The molecule has 0 aliphatic carbocycles. The van der Waals surface area contributed by atoms with Crippen LogP contribution in [-0.2, 0) is 11.3 Å². The number of hydrogen-bond donors (Lipinski definition) is 0. The van der Waals surface area contributed by atoms with Crippen LogP contribution in [0, 0.1) is 13.8 Å². The summed E-state index contributed by atoms with van der Waals surface area (Å²) >= 11 is 0. The molecule has 0 saturated carbocycles. The summed E-state index contributed by atoms with van der Waals surface area (Å²) in [4.78, 5) is 30.2. The first kappa shape index (κ1) is 17.9. The van der Waals surface area contributed by atoms with E-state index in [2.05, 4.69) is 0 Å². The number of methoxy groups -OCH3 is 1. The van der Waals surface area contributed by atoms with Gasteiger partial charge in [-0.25, -0.2) is 9.78 Å². The molecular weight excluding hydrogens is 328 g/mol. The number of aryl methyl sites for hydroxylation is 1. The smallest absolute Gasteiger partial charge is 0.338 e. The minimum absolute atomic E-state index is 0.0934. The Kier molecular flexibility index (Phi) is 4.89. The highest BCUT2D eigenvalue weighted by molar-refractivity contribution is 5.98. The number of hydrogen-bond acceptors (Lipinski definition) is 4. The van der Waals surface area contributed by atoms with Gasteiger partial charge < -0.3 is 4.74 Å². The van der Waals surface area contributed by atoms with Crippen LogP contribution in [-0.4, -0.2) is 22.6 Å². The molecular formula is C21H22N2O3. The number of carbonyl (C=O) groups is 1. The molecule has 5 nitrogen and oxygen atoms in total. The van der Waals surface area contributed by atoms with Gasteiger partial charge in [0.2, 0.25) is 0 Å². The molecule has 134 valence electrons. The van der Waals surface area contributed by atoms with Crippen molar-refractivity contribution in [1.82, 2.24) is 9.55 Å². The second-order valence-corrected chi connectivity index (χ2v) is 6.33. The van der Waals surface area contributed by atoms with Crippen molar-refractivity contribution in [2.45, 2.75) is 33.7 Å². The Hall–Kier alpha value is -2.95. The molecule has 0 bridgehead atoms. The number of rotatable bonds is 4. The SMILES string of the molecule is CCCn1c(-c2c(C(=O)OC)ccc(C)c2C)nc2ccccc2c1=O. The summed E-state index contributed by atoms with van der Waals surface area (Å²) in [6.07, 6.45) is 0.783. The molecule has 0 aliphatic heterocycles. The van der Waals surface area contributed by atoms with E-state index >= 15 is 0 Å². The third-order valence-electron chi connectivity index (χ3n) is 4.67. The zero-order valence-electron chi connectivity index (χ0n) is 15.5. The van der Waals surface area contributed by atoms with Crippen molar-refractivity contribution in [1.29, 1.82) is 0 Å². The number of fused-ring (bicyclic) bond motifs is 1. The van der Waals surface area contributed by atoms with Crippen molar-refractivity contribution in [3.8, 4) is 11.4 Å². The minimum atomic E-state index is -0.437. The molecule has 0 saturated heterocycles. The number of aromatic nitrogens is 2. The quantitative estimate of drug-likeness (QED) is 0.670. The zero-order valence-corrected chi connectivity index (χ0v) is 15.5. The summed E-state index contributed by atoms with van der Waals surface area (Å²) in [5, 5.41) is 0.578. The van der Waals surface area contributed by atoms with Crippen LogP contribution < -0.4 is 5.56 Å². The molecule has 5 heteroatoms. The molecule has 0 fully saturated rings. The molecule has 0 atom stereocenters. The van der Waals surface area contributed by atoms with Crippen molar-refractivity contribution >= 4 is 16.9 Å². The van der Waals surface area contributed by atoms with E-state index in [0.29, 0.717) is 34.4 Å². The summed E-state index contributed by atoms with van der Waals surface area (Å²) in [6, 6.07) is 10.9. The van der Waals surface area contributed by atoms with Gasteiger partial charge in [0.25, 0.3) is 5.56 Å². The molecule has 0 aliphatic rings. The van der Waals surface area contributed by atoms with Gasteiger partial charge in [-0.3, -0.25) is 9.36 Å². The lowest BCUT2D eigenvalue weighted by Gasteiger charge is -2.18. The van der Waals surface area contributed by atoms with Crippen molar-refractivity contribution in [3.05, 3.63) is 63.4 Å². The molecule has 3 aromatic rings. The van der Waals surface area contributed by atoms with E-state index in [1.54, 1.807) is 16.7 Å². The van der Waals surface area contributed by atoms with Crippen LogP contribution in [0.25, 0.3) is 22.3 Å². The van der Waals surface area contributed by atoms with Gasteiger partial charge in [0.1, 0.15) is 5.82 Å². The maximum Gasteiger partial charge on any atom is 0.338 e. The van der Waals surface area contributed by atoms with E-state index in [4.69, 9.17) is 9.72 Å². The van der Waals surface area contributed by atoms with E-state index < -0.39 is 5.97 Å². The summed E-state index contributed by atoms with van der Waals surface area (Å²) in [7, 11) is 1.36. The Morgan fingerprint density at radius 2 is 1.88 bits per heavy atom. The molecule has 0 unspecified atom stereocenters. The normalized spacial score (nSPS) is 10.9. The van der Waals surface area contributed by atoms with Crippen LogP contribution >= 0.6 is 0 Å². The fourth-order valence-electron chi connectivity index (χ4n) is 3.17. The van der Waals surface area contributed by atoms with Gasteiger partial charge >= 0.3 is 5.97 Å². The summed E-state index contributed by atoms with van der Waals surface area (Å²) in [6.45, 7) is 6.45. The highest BCUT2D eigenvalue weighted by Gasteiger charge is 2.22. The zero-order chi connectivity index (χ0) is 18.8. The number of nitrogens with zero attached hydrogens (tertiary/aromatic N) is 2. The average Bonchev–Trinajstić information content (AvgIpc) is 2.65. The van der Waals surface area contributed by atoms with Crippen molar-refractivity contribution in [3.63, 3.8) is 0 Å². The molecule has 0 N–H and O–H groups in total. The van der Waals surface area contributed by atoms with E-state index in [0.717, 1.165) is 17.5 Å². The number of benzene rings is 2. The van der Waals surface area contributed by atoms with Crippen molar-refractivity contribution in [2.75, 3.05) is 7.11 Å². The predicted octanol–water partition coefficient (Wildman–Crippen LogP) is 3.88. The van der Waals surface area contributed by atoms with Crippen LogP contribution in [0.3, 0.4) is 0 Å². The van der Waals surface area contributed by atoms with Gasteiger partial charge in [-0.2, -0.15) is 0 Å². The third-order valence-corrected chi connectivity index (χ3v) is 4.67. The lowest BCUT2D eigenvalue weighted by atomic mass is 9.96. The maximum atomic E-state index is 13.1. The van der Waals surface area contributed by atoms with Crippen molar-refractivity contribution < 1.29 is 9.53 Å². The minimum Gasteiger partial charge on any atom is -0.465 e. The molecule has 2 aromatic carbocycles. The van der Waals surface area contributed by atoms with Crippen LogP contribution in [0.5, 0.6) is 0 Å². The Morgan fingerprint density at radius 3 is 2.58 bits per heavy atom. The maximum absolute atomic E-state index is 13.1. The molecule has 1 aromatic heterocycles. The first-order valence-corrected chi connectivity index (χ1v) is 8.68. The lowest BCUT2D eigenvalue weighted by Crippen LogP contribution is -2.24. The fraction of sp³-hybridized carbons (Fsp3) is 0.286. The van der Waals surface area contributed by atoms with E-state index in [1.165, 1.54) is 7.11 Å². The van der Waals surface area contributed by atoms with Gasteiger partial charge in [-0.15, -0.1) is 0 Å². The Bertz CT molecular complexity index is 1050. The average molecular weight is 350 g/mol. The second kappa shape index (κ2) is 7.12. The largest absolute Gasteiger partial charge is 0.465 e. The van der Waals surface area contributed by atoms with Gasteiger partial charge in [-0.1, -0.05) is 25.1 Å². The first-order chi connectivity index (χ1) is 12.5. The molecule has 0 spiro atoms. The van der Waals surface area contributed by atoms with E-state index in [1.807, 2.05) is 45.0 Å². The number of ether oxygens (including phenoxy) is 1. The van der Waals surface area contributed by atoms with Gasteiger partial charge in [0, 0.05) is 12.1 Å². The third kappa shape index (κ3) is 2.90. The van der Waals surface area contributed by atoms with Crippen LogP contribution in [0.1, 0.15) is 34.8 Å². The second-order valence-electron chi connectivity index (χ2n) is 6.33. The number of esters is 1. The molecule has 3 rings (SSSR count). The van der Waals surface area contributed by atoms with E-state index in [-0.39, 0.29) is 5.56 Å². The molecule has 26 heavy (non-hydrogen) atoms.